The zero-order valence-electron chi connectivity index (χ0n) is 5.76. The first kappa shape index (κ1) is 7.07. The first-order valence-electron chi connectivity index (χ1n) is 3.49. The normalized spacial score (nSPS) is 17.1. The lowest BCUT2D eigenvalue weighted by Gasteiger charge is -2.23. The van der Waals surface area contributed by atoms with Gasteiger partial charge in [-0.15, -0.1) is 0 Å². The van der Waals surface area contributed by atoms with Crippen molar-refractivity contribution in [2.24, 2.45) is 5.92 Å². The van der Waals surface area contributed by atoms with Crippen molar-refractivity contribution in [1.29, 1.82) is 5.26 Å². The Morgan fingerprint density at radius 3 is 2.80 bits per heavy atom. The summed E-state index contributed by atoms with van der Waals surface area (Å²) in [5.74, 6) is 0.251. The maximum Gasteiger partial charge on any atom is 0.223 e. The average Bonchev–Trinajstić information content (AvgIpc) is 1.79. The Bertz CT molecular complexity index is 167. The number of rotatable bonds is 2. The Kier molecular flexibility index (Phi) is 2.27. The SMILES string of the molecule is N#CCNC(=O)C1CCC1. The van der Waals surface area contributed by atoms with Crippen LogP contribution in [-0.4, -0.2) is 12.5 Å². The standard InChI is InChI=1S/C7H10N2O/c8-4-5-9-7(10)6-2-1-3-6/h6H,1-3,5H2,(H,9,10). The van der Waals surface area contributed by atoms with Crippen molar-refractivity contribution in [2.45, 2.75) is 19.3 Å². The smallest absolute Gasteiger partial charge is 0.223 e. The molecule has 3 heteroatoms. The Labute approximate surface area is 60.0 Å². The van der Waals surface area contributed by atoms with Crippen LogP contribution in [0.2, 0.25) is 0 Å². The maximum atomic E-state index is 10.9. The molecule has 0 saturated heterocycles. The molecule has 0 heterocycles. The van der Waals surface area contributed by atoms with Gasteiger partial charge in [0.2, 0.25) is 5.91 Å². The van der Waals surface area contributed by atoms with Gasteiger partial charge in [-0.2, -0.15) is 5.26 Å². The zero-order chi connectivity index (χ0) is 7.40. The van der Waals surface area contributed by atoms with E-state index in [0.29, 0.717) is 0 Å². The molecule has 3 nitrogen and oxygen atoms in total. The van der Waals surface area contributed by atoms with Crippen LogP contribution in [-0.2, 0) is 4.79 Å². The number of hydrogen-bond donors (Lipinski definition) is 1. The first-order valence-corrected chi connectivity index (χ1v) is 3.49. The zero-order valence-corrected chi connectivity index (χ0v) is 5.76. The maximum absolute atomic E-state index is 10.9. The van der Waals surface area contributed by atoms with E-state index in [0.717, 1.165) is 19.3 Å². The van der Waals surface area contributed by atoms with E-state index in [4.69, 9.17) is 5.26 Å². The number of carbonyl (C=O) groups excluding carboxylic acids is 1. The van der Waals surface area contributed by atoms with E-state index in [1.807, 2.05) is 6.07 Å². The third kappa shape index (κ3) is 1.47. The molecule has 1 amide bonds. The minimum absolute atomic E-state index is 0.0489. The van der Waals surface area contributed by atoms with Crippen LogP contribution in [0.25, 0.3) is 0 Å². The molecule has 10 heavy (non-hydrogen) atoms. The van der Waals surface area contributed by atoms with Crippen LogP contribution in [0.4, 0.5) is 0 Å². The summed E-state index contributed by atoms with van der Waals surface area (Å²) in [6, 6.07) is 1.87. The van der Waals surface area contributed by atoms with E-state index in [-0.39, 0.29) is 18.4 Å². The van der Waals surface area contributed by atoms with Gasteiger partial charge >= 0.3 is 0 Å². The lowest BCUT2D eigenvalue weighted by atomic mass is 9.85. The van der Waals surface area contributed by atoms with Gasteiger partial charge in [-0.1, -0.05) is 6.42 Å². The fraction of sp³-hybridized carbons (Fsp3) is 0.714. The number of amides is 1. The predicted molar refractivity (Wildman–Crippen MR) is 36.0 cm³/mol. The number of hydrogen-bond acceptors (Lipinski definition) is 2. The molecule has 0 atom stereocenters. The summed E-state index contributed by atoms with van der Waals surface area (Å²) >= 11 is 0. The van der Waals surface area contributed by atoms with Crippen LogP contribution in [0.1, 0.15) is 19.3 Å². The van der Waals surface area contributed by atoms with Crippen molar-refractivity contribution in [2.75, 3.05) is 6.54 Å². The molecule has 1 N–H and O–H groups in total. The molecule has 54 valence electrons. The van der Waals surface area contributed by atoms with Gasteiger partial charge in [0.1, 0.15) is 6.54 Å². The molecule has 0 bridgehead atoms. The highest BCUT2D eigenvalue weighted by atomic mass is 16.1. The van der Waals surface area contributed by atoms with Gasteiger partial charge in [0.25, 0.3) is 0 Å². The second kappa shape index (κ2) is 3.21. The van der Waals surface area contributed by atoms with Crippen molar-refractivity contribution in [3.05, 3.63) is 0 Å². The van der Waals surface area contributed by atoms with Crippen LogP contribution < -0.4 is 5.32 Å². The molecule has 0 unspecified atom stereocenters. The summed E-state index contributed by atoms with van der Waals surface area (Å²) in [7, 11) is 0. The Hall–Kier alpha value is -1.04. The third-order valence-electron chi connectivity index (χ3n) is 1.82. The highest BCUT2D eigenvalue weighted by Crippen LogP contribution is 2.25. The quantitative estimate of drug-likeness (QED) is 0.562. The van der Waals surface area contributed by atoms with E-state index >= 15 is 0 Å². The molecule has 0 aliphatic heterocycles. The molecule has 0 aromatic heterocycles. The van der Waals surface area contributed by atoms with Crippen molar-refractivity contribution in [3.8, 4) is 6.07 Å². The van der Waals surface area contributed by atoms with Crippen LogP contribution >= 0.6 is 0 Å². The highest BCUT2D eigenvalue weighted by molar-refractivity contribution is 5.79. The first-order chi connectivity index (χ1) is 4.84. The fourth-order valence-corrected chi connectivity index (χ4v) is 0.941. The second-order valence-electron chi connectivity index (χ2n) is 2.50. The van der Waals surface area contributed by atoms with Crippen LogP contribution in [0.3, 0.4) is 0 Å². The van der Waals surface area contributed by atoms with Crippen LogP contribution in [0.5, 0.6) is 0 Å². The Balaban J connectivity index is 2.15. The average molecular weight is 138 g/mol. The molecule has 0 aromatic carbocycles. The largest absolute Gasteiger partial charge is 0.343 e. The van der Waals surface area contributed by atoms with Crippen molar-refractivity contribution in [1.82, 2.24) is 5.32 Å². The minimum Gasteiger partial charge on any atom is -0.343 e. The fourth-order valence-electron chi connectivity index (χ4n) is 0.941. The summed E-state index contributed by atoms with van der Waals surface area (Å²) < 4.78 is 0. The number of nitriles is 1. The number of nitrogens with zero attached hydrogens (tertiary/aromatic N) is 1. The van der Waals surface area contributed by atoms with Gasteiger partial charge in [-0.25, -0.2) is 0 Å². The van der Waals surface area contributed by atoms with Crippen LogP contribution in [0.15, 0.2) is 0 Å². The molecule has 1 fully saturated rings. The number of carbonyl (C=O) groups is 1. The van der Waals surface area contributed by atoms with Crippen molar-refractivity contribution in [3.63, 3.8) is 0 Å². The summed E-state index contributed by atoms with van der Waals surface area (Å²) in [4.78, 5) is 10.9. The van der Waals surface area contributed by atoms with E-state index in [1.54, 1.807) is 0 Å². The lowest BCUT2D eigenvalue weighted by molar-refractivity contribution is -0.127. The summed E-state index contributed by atoms with van der Waals surface area (Å²) in [5.41, 5.74) is 0. The number of nitrogens with one attached hydrogen (secondary N) is 1. The van der Waals surface area contributed by atoms with Crippen molar-refractivity contribution >= 4 is 5.91 Å². The van der Waals surface area contributed by atoms with E-state index in [1.165, 1.54) is 0 Å². The summed E-state index contributed by atoms with van der Waals surface area (Å²) in [6.45, 7) is 0.148. The molecule has 0 spiro atoms. The molecule has 1 aliphatic rings. The summed E-state index contributed by atoms with van der Waals surface area (Å²) in [5, 5.41) is 10.7. The van der Waals surface area contributed by atoms with Gasteiger partial charge in [-0.05, 0) is 12.8 Å². The van der Waals surface area contributed by atoms with E-state index < -0.39 is 0 Å². The molecule has 0 radical (unpaired) electrons. The van der Waals surface area contributed by atoms with Gasteiger partial charge < -0.3 is 5.32 Å². The van der Waals surface area contributed by atoms with E-state index in [2.05, 4.69) is 5.32 Å². The van der Waals surface area contributed by atoms with Crippen molar-refractivity contribution < 1.29 is 4.79 Å². The molecule has 0 aromatic rings. The Morgan fingerprint density at radius 2 is 2.40 bits per heavy atom. The monoisotopic (exact) mass is 138 g/mol. The van der Waals surface area contributed by atoms with Gasteiger partial charge in [0, 0.05) is 5.92 Å². The molecule has 1 saturated carbocycles. The molecular weight excluding hydrogens is 128 g/mol. The molecule has 1 aliphatic carbocycles. The minimum atomic E-state index is 0.0489. The highest BCUT2D eigenvalue weighted by Gasteiger charge is 2.24. The third-order valence-corrected chi connectivity index (χ3v) is 1.82. The Morgan fingerprint density at radius 1 is 1.70 bits per heavy atom. The van der Waals surface area contributed by atoms with E-state index in [9.17, 15) is 4.79 Å². The topological polar surface area (TPSA) is 52.9 Å². The molecule has 1 rings (SSSR count). The molecular formula is C7H10N2O. The lowest BCUT2D eigenvalue weighted by Crippen LogP contribution is -2.34. The predicted octanol–water partition coefficient (Wildman–Crippen LogP) is 0.426. The van der Waals surface area contributed by atoms with Gasteiger partial charge in [0.15, 0.2) is 0 Å². The van der Waals surface area contributed by atoms with Crippen LogP contribution in [0, 0.1) is 17.2 Å². The van der Waals surface area contributed by atoms with Gasteiger partial charge in [-0.3, -0.25) is 4.79 Å². The second-order valence-corrected chi connectivity index (χ2v) is 2.50. The summed E-state index contributed by atoms with van der Waals surface area (Å²) in [6.07, 6.45) is 3.15. The van der Waals surface area contributed by atoms with Gasteiger partial charge in [0.05, 0.1) is 6.07 Å².